The van der Waals surface area contributed by atoms with Crippen LogP contribution in [0.2, 0.25) is 10.0 Å². The first kappa shape index (κ1) is 29.8. The fourth-order valence-corrected chi connectivity index (χ4v) is 3.42. The Morgan fingerprint density at radius 1 is 1.06 bits per heavy atom. The zero-order valence-corrected chi connectivity index (χ0v) is 20.1. The molecule has 0 aliphatic rings. The van der Waals surface area contributed by atoms with Crippen LogP contribution in [0.15, 0.2) is 30.3 Å². The number of ether oxygens (including phenoxy) is 2. The molecule has 0 saturated heterocycles. The molecule has 32 heavy (non-hydrogen) atoms. The van der Waals surface area contributed by atoms with Crippen molar-refractivity contribution in [3.63, 3.8) is 0 Å². The van der Waals surface area contributed by atoms with Gasteiger partial charge in [0.15, 0.2) is 11.6 Å². The number of rotatable bonds is 2. The van der Waals surface area contributed by atoms with Crippen molar-refractivity contribution in [2.75, 3.05) is 20.0 Å². The average Bonchev–Trinajstić information content (AvgIpc) is 3.17. The highest BCUT2D eigenvalue weighted by Crippen LogP contribution is 2.33. The quantitative estimate of drug-likeness (QED) is 0.246. The lowest BCUT2D eigenvalue weighted by Gasteiger charge is -2.02. The van der Waals surface area contributed by atoms with Crippen LogP contribution in [0.5, 0.6) is 5.75 Å². The van der Waals surface area contributed by atoms with Gasteiger partial charge in [-0.25, -0.2) is 13.2 Å². The molecule has 2 aromatic carbocycles. The standard InChI is InChI=1S/C9H6ClFS.C7H5ClF2O.C3H6O2S.CO2/c1-5-4-6-2-3-7(11)8(10)9(6)12-5;1-11-5-3-2-4(9)6(8)7(5)10;1-5-3(4)2-6;2-1-3/h2-4H,1H3;2-3H,1H3;6H,2H2,1H3;. The molecule has 0 spiro atoms. The highest BCUT2D eigenvalue weighted by Gasteiger charge is 2.11. The molecule has 1 heterocycles. The number of hydrogen-bond donors (Lipinski definition) is 1. The normalized spacial score (nSPS) is 9.16. The molecule has 0 aliphatic carbocycles. The summed E-state index contributed by atoms with van der Waals surface area (Å²) in [5, 5.41) is 0.721. The third-order valence-electron chi connectivity index (χ3n) is 3.28. The molecule has 12 heteroatoms. The van der Waals surface area contributed by atoms with Crippen molar-refractivity contribution in [2.24, 2.45) is 0 Å². The molecule has 5 nitrogen and oxygen atoms in total. The number of thiophene rings is 1. The molecule has 1 aromatic heterocycles. The summed E-state index contributed by atoms with van der Waals surface area (Å²) in [5.74, 6) is -2.18. The lowest BCUT2D eigenvalue weighted by atomic mass is 10.2. The summed E-state index contributed by atoms with van der Waals surface area (Å²) in [6.45, 7) is 1.99. The number of thiol groups is 1. The Kier molecular flexibility index (Phi) is 14.5. The minimum absolute atomic E-state index is 0.0589. The van der Waals surface area contributed by atoms with E-state index < -0.39 is 16.7 Å². The van der Waals surface area contributed by atoms with Gasteiger partial charge in [-0.1, -0.05) is 29.3 Å². The van der Waals surface area contributed by atoms with E-state index in [2.05, 4.69) is 22.1 Å². The SMILES string of the molecule is COC(=O)CS.COc1ccc(F)c(Cl)c1F.Cc1cc2ccc(F)c(Cl)c2s1.O=C=O. The van der Waals surface area contributed by atoms with Gasteiger partial charge in [0.25, 0.3) is 0 Å². The first-order valence-corrected chi connectivity index (χ1v) is 10.5. The largest absolute Gasteiger partial charge is 0.494 e. The van der Waals surface area contributed by atoms with Gasteiger partial charge >= 0.3 is 12.1 Å². The summed E-state index contributed by atoms with van der Waals surface area (Å²) in [7, 11) is 2.62. The molecule has 3 aromatic rings. The highest BCUT2D eigenvalue weighted by atomic mass is 35.5. The number of benzene rings is 2. The average molecular weight is 529 g/mol. The maximum absolute atomic E-state index is 12.9. The van der Waals surface area contributed by atoms with E-state index in [1.165, 1.54) is 37.7 Å². The van der Waals surface area contributed by atoms with Crippen molar-refractivity contribution in [3.8, 4) is 5.75 Å². The van der Waals surface area contributed by atoms with E-state index in [4.69, 9.17) is 32.8 Å². The number of carbonyl (C=O) groups excluding carboxylic acids is 3. The van der Waals surface area contributed by atoms with E-state index in [0.717, 1.165) is 21.0 Å². The summed E-state index contributed by atoms with van der Waals surface area (Å²) < 4.78 is 47.7. The minimum Gasteiger partial charge on any atom is -0.494 e. The molecular weight excluding hydrogens is 512 g/mol. The maximum Gasteiger partial charge on any atom is 0.373 e. The Morgan fingerprint density at radius 3 is 2.06 bits per heavy atom. The lowest BCUT2D eigenvalue weighted by Crippen LogP contribution is -1.99. The second-order valence-corrected chi connectivity index (χ2v) is 7.66. The number of carbonyl (C=O) groups is 1. The van der Waals surface area contributed by atoms with Gasteiger partial charge in [0.2, 0.25) is 0 Å². The van der Waals surface area contributed by atoms with Gasteiger partial charge in [0, 0.05) is 4.88 Å². The first-order chi connectivity index (χ1) is 15.1. The van der Waals surface area contributed by atoms with Crippen LogP contribution in [0.1, 0.15) is 4.88 Å². The smallest absolute Gasteiger partial charge is 0.373 e. The van der Waals surface area contributed by atoms with Crippen molar-refractivity contribution in [2.45, 2.75) is 6.92 Å². The Morgan fingerprint density at radius 2 is 1.59 bits per heavy atom. The van der Waals surface area contributed by atoms with Crippen molar-refractivity contribution in [1.29, 1.82) is 0 Å². The number of hydrogen-bond acceptors (Lipinski definition) is 7. The van der Waals surface area contributed by atoms with E-state index in [0.29, 0.717) is 0 Å². The van der Waals surface area contributed by atoms with Crippen LogP contribution >= 0.6 is 47.2 Å². The van der Waals surface area contributed by atoms with E-state index in [-0.39, 0.29) is 34.5 Å². The second kappa shape index (κ2) is 15.6. The van der Waals surface area contributed by atoms with Gasteiger partial charge < -0.3 is 9.47 Å². The lowest BCUT2D eigenvalue weighted by molar-refractivity contribution is -0.191. The van der Waals surface area contributed by atoms with E-state index in [9.17, 15) is 18.0 Å². The Balaban J connectivity index is 0.000000445. The van der Waals surface area contributed by atoms with Crippen LogP contribution in [0.3, 0.4) is 0 Å². The summed E-state index contributed by atoms with van der Waals surface area (Å²) in [6.07, 6.45) is 0.250. The molecule has 0 fully saturated rings. The van der Waals surface area contributed by atoms with E-state index >= 15 is 0 Å². The molecule has 0 bridgehead atoms. The molecule has 0 radical (unpaired) electrons. The number of aryl methyl sites for hydroxylation is 1. The Labute approximate surface area is 201 Å². The van der Waals surface area contributed by atoms with Gasteiger partial charge in [0.05, 0.1) is 29.7 Å². The number of fused-ring (bicyclic) bond motifs is 1. The monoisotopic (exact) mass is 528 g/mol. The fourth-order valence-electron chi connectivity index (χ4n) is 1.90. The van der Waals surface area contributed by atoms with Crippen LogP contribution < -0.4 is 4.74 Å². The predicted molar refractivity (Wildman–Crippen MR) is 120 cm³/mol. The topological polar surface area (TPSA) is 69.7 Å². The number of methoxy groups -OCH3 is 2. The zero-order chi connectivity index (χ0) is 24.8. The van der Waals surface area contributed by atoms with Crippen molar-refractivity contribution in [3.05, 3.63) is 62.7 Å². The fraction of sp³-hybridized carbons (Fsp3) is 0.200. The predicted octanol–water partition coefficient (Wildman–Crippen LogP) is 6.13. The second-order valence-electron chi connectivity index (χ2n) is 5.33. The first-order valence-electron chi connectivity index (χ1n) is 8.26. The Bertz CT molecular complexity index is 1070. The molecular formula is C20H17Cl2F3O5S2. The number of halogens is 5. The zero-order valence-electron chi connectivity index (χ0n) is 16.9. The van der Waals surface area contributed by atoms with Crippen LogP contribution in [0.4, 0.5) is 13.2 Å². The van der Waals surface area contributed by atoms with Crippen molar-refractivity contribution in [1.82, 2.24) is 0 Å². The van der Waals surface area contributed by atoms with Crippen LogP contribution in [-0.2, 0) is 19.1 Å². The molecule has 0 atom stereocenters. The third kappa shape index (κ3) is 9.50. The molecule has 0 saturated carbocycles. The van der Waals surface area contributed by atoms with E-state index in [1.54, 1.807) is 6.07 Å². The van der Waals surface area contributed by atoms with Crippen LogP contribution in [-0.4, -0.2) is 32.1 Å². The summed E-state index contributed by atoms with van der Waals surface area (Å²) >= 11 is 16.1. The molecule has 0 N–H and O–H groups in total. The van der Waals surface area contributed by atoms with Gasteiger partial charge in [-0.05, 0) is 36.6 Å². The Hall–Kier alpha value is -2.23. The minimum atomic E-state index is -0.867. The number of esters is 1. The van der Waals surface area contributed by atoms with Gasteiger partial charge in [-0.2, -0.15) is 22.2 Å². The molecule has 0 amide bonds. The van der Waals surface area contributed by atoms with Crippen molar-refractivity contribution < 1.29 is 37.0 Å². The molecule has 3 rings (SSSR count). The summed E-state index contributed by atoms with van der Waals surface area (Å²) in [6, 6.07) is 7.38. The van der Waals surface area contributed by atoms with Crippen molar-refractivity contribution >= 4 is 69.4 Å². The molecule has 0 unspecified atom stereocenters. The van der Waals surface area contributed by atoms with Gasteiger partial charge in [-0.3, -0.25) is 4.79 Å². The van der Waals surface area contributed by atoms with Crippen LogP contribution in [0.25, 0.3) is 10.1 Å². The summed E-state index contributed by atoms with van der Waals surface area (Å²) in [4.78, 5) is 27.3. The van der Waals surface area contributed by atoms with Gasteiger partial charge in [-0.15, -0.1) is 11.3 Å². The van der Waals surface area contributed by atoms with Crippen LogP contribution in [0, 0.1) is 24.4 Å². The molecule has 0 aliphatic heterocycles. The maximum atomic E-state index is 12.9. The van der Waals surface area contributed by atoms with Gasteiger partial charge in [0.1, 0.15) is 16.7 Å². The third-order valence-corrected chi connectivity index (χ3v) is 5.45. The summed E-state index contributed by atoms with van der Waals surface area (Å²) in [5.41, 5.74) is 0. The highest BCUT2D eigenvalue weighted by molar-refractivity contribution is 7.81. The molecule has 174 valence electrons. The van der Waals surface area contributed by atoms with E-state index in [1.807, 2.05) is 13.0 Å².